The van der Waals surface area contributed by atoms with Crippen molar-refractivity contribution in [2.75, 3.05) is 6.54 Å². The molecule has 1 amide bonds. The summed E-state index contributed by atoms with van der Waals surface area (Å²) in [5.74, 6) is 0.579. The number of amides is 1. The van der Waals surface area contributed by atoms with Crippen molar-refractivity contribution >= 4 is 5.91 Å². The Hall–Kier alpha value is -1.49. The lowest BCUT2D eigenvalue weighted by atomic mass is 10.4. The largest absolute Gasteiger partial charge is 0.333 e. The molecule has 0 bridgehead atoms. The van der Waals surface area contributed by atoms with Crippen molar-refractivity contribution in [2.24, 2.45) is 0 Å². The second-order valence-corrected chi connectivity index (χ2v) is 2.49. The van der Waals surface area contributed by atoms with Gasteiger partial charge < -0.3 is 5.32 Å². The summed E-state index contributed by atoms with van der Waals surface area (Å²) in [6, 6.07) is 1.74. The Morgan fingerprint density at radius 2 is 2.17 bits per heavy atom. The van der Waals surface area contributed by atoms with Gasteiger partial charge in [0.2, 0.25) is 5.91 Å². The molecule has 0 spiro atoms. The van der Waals surface area contributed by atoms with Crippen LogP contribution in [0.15, 0.2) is 18.5 Å². The molecule has 1 atom stereocenters. The predicted octanol–water partition coefficient (Wildman–Crippen LogP) is -0.805. The molecule has 1 aromatic rings. The van der Waals surface area contributed by atoms with Gasteiger partial charge in [-0.05, 0) is 6.07 Å². The topological polar surface area (TPSA) is 66.9 Å². The van der Waals surface area contributed by atoms with Crippen LogP contribution in [-0.4, -0.2) is 22.4 Å². The maximum atomic E-state index is 10.8. The first kappa shape index (κ1) is 7.17. The molecule has 0 aromatic carbocycles. The number of aromatic nitrogens is 2. The van der Waals surface area contributed by atoms with Crippen molar-refractivity contribution in [3.8, 4) is 0 Å². The summed E-state index contributed by atoms with van der Waals surface area (Å²) in [5.41, 5.74) is 0. The summed E-state index contributed by atoms with van der Waals surface area (Å²) < 4.78 is 0. The number of carbonyl (C=O) groups is 1. The highest BCUT2D eigenvalue weighted by molar-refractivity contribution is 5.80. The summed E-state index contributed by atoms with van der Waals surface area (Å²) >= 11 is 0. The Bertz CT molecular complexity index is 287. The second kappa shape index (κ2) is 2.86. The van der Waals surface area contributed by atoms with E-state index in [9.17, 15) is 4.79 Å². The molecule has 0 saturated carbocycles. The van der Waals surface area contributed by atoms with Crippen molar-refractivity contribution in [1.82, 2.24) is 20.6 Å². The fraction of sp³-hybridized carbons (Fsp3) is 0.286. The van der Waals surface area contributed by atoms with Crippen molar-refractivity contribution in [3.05, 3.63) is 24.3 Å². The van der Waals surface area contributed by atoms with E-state index in [0.29, 0.717) is 12.4 Å². The van der Waals surface area contributed by atoms with E-state index in [4.69, 9.17) is 0 Å². The first-order valence-corrected chi connectivity index (χ1v) is 3.66. The van der Waals surface area contributed by atoms with Gasteiger partial charge in [0.05, 0.1) is 6.54 Å². The van der Waals surface area contributed by atoms with Crippen LogP contribution in [0, 0.1) is 0 Å². The number of hydrogen-bond acceptors (Lipinski definition) is 4. The maximum Gasteiger partial charge on any atom is 0.235 e. The van der Waals surface area contributed by atoms with E-state index in [1.165, 1.54) is 0 Å². The van der Waals surface area contributed by atoms with Gasteiger partial charge in [-0.15, -0.1) is 0 Å². The van der Waals surface area contributed by atoms with Crippen LogP contribution in [0.5, 0.6) is 0 Å². The summed E-state index contributed by atoms with van der Waals surface area (Å²) in [4.78, 5) is 18.8. The molecule has 1 aromatic heterocycles. The van der Waals surface area contributed by atoms with E-state index >= 15 is 0 Å². The van der Waals surface area contributed by atoms with Gasteiger partial charge in [0.1, 0.15) is 6.17 Å². The predicted molar refractivity (Wildman–Crippen MR) is 40.9 cm³/mol. The van der Waals surface area contributed by atoms with Gasteiger partial charge in [0.25, 0.3) is 0 Å². The SMILES string of the molecule is O=C1CNC(c2ncccn2)N1. The minimum absolute atomic E-state index is 0.0209. The first-order valence-electron chi connectivity index (χ1n) is 3.66. The zero-order valence-electron chi connectivity index (χ0n) is 6.32. The van der Waals surface area contributed by atoms with Gasteiger partial charge in [-0.2, -0.15) is 0 Å². The molecule has 1 aliphatic rings. The molecule has 0 radical (unpaired) electrons. The normalized spacial score (nSPS) is 22.3. The Morgan fingerprint density at radius 3 is 2.75 bits per heavy atom. The minimum Gasteiger partial charge on any atom is -0.333 e. The molecule has 2 N–H and O–H groups in total. The van der Waals surface area contributed by atoms with Crippen LogP contribution in [0.1, 0.15) is 12.0 Å². The second-order valence-electron chi connectivity index (χ2n) is 2.49. The van der Waals surface area contributed by atoms with E-state index in [2.05, 4.69) is 20.6 Å². The summed E-state index contributed by atoms with van der Waals surface area (Å²) in [6.45, 7) is 0.336. The molecule has 5 nitrogen and oxygen atoms in total. The molecule has 1 unspecified atom stereocenters. The van der Waals surface area contributed by atoms with Crippen LogP contribution in [-0.2, 0) is 4.79 Å². The van der Waals surface area contributed by atoms with Gasteiger partial charge in [0, 0.05) is 12.4 Å². The zero-order chi connectivity index (χ0) is 8.39. The Morgan fingerprint density at radius 1 is 1.42 bits per heavy atom. The fourth-order valence-corrected chi connectivity index (χ4v) is 1.07. The monoisotopic (exact) mass is 164 g/mol. The van der Waals surface area contributed by atoms with Gasteiger partial charge in [-0.25, -0.2) is 9.97 Å². The highest BCUT2D eigenvalue weighted by Crippen LogP contribution is 2.05. The van der Waals surface area contributed by atoms with Crippen molar-refractivity contribution < 1.29 is 4.79 Å². The van der Waals surface area contributed by atoms with Crippen molar-refractivity contribution in [3.63, 3.8) is 0 Å². The van der Waals surface area contributed by atoms with Crippen LogP contribution < -0.4 is 10.6 Å². The average Bonchev–Trinajstić information content (AvgIpc) is 2.54. The van der Waals surface area contributed by atoms with E-state index < -0.39 is 0 Å². The third-order valence-corrected chi connectivity index (χ3v) is 1.62. The van der Waals surface area contributed by atoms with Crippen LogP contribution in [0.2, 0.25) is 0 Å². The van der Waals surface area contributed by atoms with Crippen LogP contribution in [0.3, 0.4) is 0 Å². The summed E-state index contributed by atoms with van der Waals surface area (Å²) in [6.07, 6.45) is 3.07. The van der Waals surface area contributed by atoms with Crippen molar-refractivity contribution in [1.29, 1.82) is 0 Å². The van der Waals surface area contributed by atoms with Crippen LogP contribution >= 0.6 is 0 Å². The number of nitrogens with zero attached hydrogens (tertiary/aromatic N) is 2. The molecule has 5 heteroatoms. The Kier molecular flexibility index (Phi) is 1.71. The fourth-order valence-electron chi connectivity index (χ4n) is 1.07. The molecule has 0 aliphatic carbocycles. The van der Waals surface area contributed by atoms with Gasteiger partial charge in [-0.1, -0.05) is 0 Å². The number of hydrogen-bond donors (Lipinski definition) is 2. The zero-order valence-corrected chi connectivity index (χ0v) is 6.32. The smallest absolute Gasteiger partial charge is 0.235 e. The van der Waals surface area contributed by atoms with Crippen molar-refractivity contribution in [2.45, 2.75) is 6.17 Å². The Labute approximate surface area is 69.2 Å². The minimum atomic E-state index is -0.223. The lowest BCUT2D eigenvalue weighted by molar-refractivity contribution is -0.118. The highest BCUT2D eigenvalue weighted by atomic mass is 16.2. The lowest BCUT2D eigenvalue weighted by Gasteiger charge is -2.06. The van der Waals surface area contributed by atoms with Gasteiger partial charge in [0.15, 0.2) is 5.82 Å². The third-order valence-electron chi connectivity index (χ3n) is 1.62. The Balaban J connectivity index is 2.16. The quantitative estimate of drug-likeness (QED) is 0.570. The van der Waals surface area contributed by atoms with E-state index in [1.807, 2.05) is 0 Å². The molecular weight excluding hydrogens is 156 g/mol. The number of rotatable bonds is 1. The molecule has 2 rings (SSSR count). The van der Waals surface area contributed by atoms with E-state index in [0.717, 1.165) is 0 Å². The molecule has 1 aliphatic heterocycles. The van der Waals surface area contributed by atoms with E-state index in [-0.39, 0.29) is 12.1 Å². The summed E-state index contributed by atoms with van der Waals surface area (Å²) in [7, 11) is 0. The molecular formula is C7H8N4O. The third kappa shape index (κ3) is 1.26. The molecule has 62 valence electrons. The van der Waals surface area contributed by atoms with Crippen LogP contribution in [0.25, 0.3) is 0 Å². The maximum absolute atomic E-state index is 10.8. The highest BCUT2D eigenvalue weighted by Gasteiger charge is 2.22. The summed E-state index contributed by atoms with van der Waals surface area (Å²) in [5, 5.41) is 5.63. The van der Waals surface area contributed by atoms with Crippen LogP contribution in [0.4, 0.5) is 0 Å². The van der Waals surface area contributed by atoms with Gasteiger partial charge >= 0.3 is 0 Å². The standard InChI is InChI=1S/C7H8N4O/c12-5-4-10-7(11-5)6-8-2-1-3-9-6/h1-3,7,10H,4H2,(H,11,12). The van der Waals surface area contributed by atoms with E-state index in [1.54, 1.807) is 18.5 Å². The first-order chi connectivity index (χ1) is 5.86. The molecule has 1 fully saturated rings. The molecule has 1 saturated heterocycles. The molecule has 2 heterocycles. The van der Waals surface area contributed by atoms with Gasteiger partial charge in [-0.3, -0.25) is 10.1 Å². The average molecular weight is 164 g/mol. The number of nitrogens with one attached hydrogen (secondary N) is 2. The number of carbonyl (C=O) groups excluding carboxylic acids is 1. The lowest BCUT2D eigenvalue weighted by Crippen LogP contribution is -2.24. The molecule has 12 heavy (non-hydrogen) atoms.